The first-order valence-electron chi connectivity index (χ1n) is 8.44. The second-order valence-electron chi connectivity index (χ2n) is 6.25. The summed E-state index contributed by atoms with van der Waals surface area (Å²) in [5.74, 6) is -0.197. The predicted octanol–water partition coefficient (Wildman–Crippen LogP) is -1.24. The van der Waals surface area contributed by atoms with Gasteiger partial charge in [-0.05, 0) is 0 Å². The van der Waals surface area contributed by atoms with Crippen LogP contribution in [-0.2, 0) is 27.4 Å². The van der Waals surface area contributed by atoms with Crippen molar-refractivity contribution in [2.24, 2.45) is 0 Å². The van der Waals surface area contributed by atoms with Gasteiger partial charge in [0.1, 0.15) is 18.3 Å². The van der Waals surface area contributed by atoms with Crippen LogP contribution in [0, 0.1) is 0 Å². The second-order valence-corrected chi connectivity index (χ2v) is 9.08. The summed E-state index contributed by atoms with van der Waals surface area (Å²) in [7, 11) is -10.5. The third-order valence-corrected chi connectivity index (χ3v) is 6.21. The van der Waals surface area contributed by atoms with E-state index >= 15 is 0 Å². The van der Waals surface area contributed by atoms with Gasteiger partial charge in [-0.2, -0.15) is 9.29 Å². The zero-order chi connectivity index (χ0) is 23.0. The molecule has 2 aromatic rings. The number of aromatic nitrogens is 4. The Labute approximate surface area is 173 Å². The maximum Gasteiger partial charge on any atom is 0.481 e. The van der Waals surface area contributed by atoms with Crippen LogP contribution in [0.3, 0.4) is 0 Å². The summed E-state index contributed by atoms with van der Waals surface area (Å²) < 4.78 is 43.1. The van der Waals surface area contributed by atoms with Crippen LogP contribution in [0.4, 0.5) is 5.95 Å². The Kier molecular flexibility index (Phi) is 6.78. The quantitative estimate of drug-likeness (QED) is 0.181. The van der Waals surface area contributed by atoms with Crippen molar-refractivity contribution in [3.63, 3.8) is 0 Å². The number of anilines is 1. The van der Waals surface area contributed by atoms with E-state index in [-0.39, 0.29) is 23.7 Å². The molecule has 0 saturated carbocycles. The Morgan fingerprint density at radius 1 is 1.39 bits per heavy atom. The van der Waals surface area contributed by atoms with Crippen LogP contribution >= 0.6 is 15.6 Å². The number of ether oxygens (including phenoxy) is 2. The minimum absolute atomic E-state index is 0.0161. The largest absolute Gasteiger partial charge is 0.481 e. The number of nitrogen functional groups attached to an aromatic ring is 1. The van der Waals surface area contributed by atoms with Crippen molar-refractivity contribution in [3.8, 4) is 0 Å². The van der Waals surface area contributed by atoms with Gasteiger partial charge in [0.05, 0.1) is 19.5 Å². The predicted molar refractivity (Wildman–Crippen MR) is 101 cm³/mol. The molecule has 0 amide bonds. The van der Waals surface area contributed by atoms with E-state index in [1.807, 2.05) is 0 Å². The molecule has 0 bridgehead atoms. The van der Waals surface area contributed by atoms with Gasteiger partial charge in [0.25, 0.3) is 5.56 Å². The number of rotatable bonds is 9. The minimum atomic E-state index is -5.32. The number of H-pyrrole nitrogens is 1. The van der Waals surface area contributed by atoms with Crippen molar-refractivity contribution in [1.29, 1.82) is 0 Å². The molecule has 3 heterocycles. The minimum Gasteiger partial charge on any atom is -0.387 e. The lowest BCUT2D eigenvalue weighted by molar-refractivity contribution is -0.0641. The van der Waals surface area contributed by atoms with Crippen LogP contribution in [0.1, 0.15) is 6.23 Å². The summed E-state index contributed by atoms with van der Waals surface area (Å²) in [5, 5.41) is 10.6. The van der Waals surface area contributed by atoms with Crippen molar-refractivity contribution in [1.82, 2.24) is 19.5 Å². The van der Waals surface area contributed by atoms with Crippen molar-refractivity contribution in [3.05, 3.63) is 29.3 Å². The summed E-state index contributed by atoms with van der Waals surface area (Å²) >= 11 is 0. The normalized spacial score (nSPS) is 26.2. The van der Waals surface area contributed by atoms with Gasteiger partial charge in [0.15, 0.2) is 17.4 Å². The average molecular weight is 483 g/mol. The highest BCUT2D eigenvalue weighted by Gasteiger charge is 2.47. The smallest absolute Gasteiger partial charge is 0.387 e. The van der Waals surface area contributed by atoms with E-state index in [2.05, 4.69) is 30.4 Å². The molecule has 1 saturated heterocycles. The number of fused-ring (bicyclic) bond motifs is 1. The topological polar surface area (TPSA) is 242 Å². The van der Waals surface area contributed by atoms with Crippen molar-refractivity contribution >= 4 is 32.8 Å². The zero-order valence-electron chi connectivity index (χ0n) is 15.5. The van der Waals surface area contributed by atoms with Crippen molar-refractivity contribution in [2.75, 3.05) is 18.9 Å². The van der Waals surface area contributed by atoms with Gasteiger partial charge in [-0.1, -0.05) is 6.08 Å². The number of nitrogens with one attached hydrogen (secondary N) is 1. The van der Waals surface area contributed by atoms with E-state index in [1.54, 1.807) is 0 Å². The first-order chi connectivity index (χ1) is 14.4. The van der Waals surface area contributed by atoms with Crippen molar-refractivity contribution < 1.29 is 47.2 Å². The number of aliphatic hydroxyl groups excluding tert-OH is 1. The molecule has 1 fully saturated rings. The van der Waals surface area contributed by atoms with Gasteiger partial charge in [-0.15, -0.1) is 6.58 Å². The molecule has 0 aliphatic carbocycles. The number of hydrogen-bond donors (Lipinski definition) is 6. The van der Waals surface area contributed by atoms with Crippen LogP contribution in [0.2, 0.25) is 0 Å². The van der Waals surface area contributed by atoms with Gasteiger partial charge in [-0.25, -0.2) is 14.1 Å². The maximum absolute atomic E-state index is 12.0. The van der Waals surface area contributed by atoms with E-state index < -0.39 is 52.4 Å². The van der Waals surface area contributed by atoms with Crippen molar-refractivity contribution in [2.45, 2.75) is 24.5 Å². The highest BCUT2D eigenvalue weighted by molar-refractivity contribution is 7.60. The highest BCUT2D eigenvalue weighted by atomic mass is 31.3. The number of imidazole rings is 1. The first-order valence-corrected chi connectivity index (χ1v) is 11.5. The Morgan fingerprint density at radius 2 is 2.10 bits per heavy atom. The van der Waals surface area contributed by atoms with E-state index in [0.717, 1.165) is 0 Å². The van der Waals surface area contributed by atoms with Gasteiger partial charge in [0.2, 0.25) is 5.95 Å². The molecule has 31 heavy (non-hydrogen) atoms. The number of hydrogen-bond acceptors (Lipinski definition) is 11. The molecule has 0 aromatic carbocycles. The summed E-state index contributed by atoms with van der Waals surface area (Å²) in [6.07, 6.45) is -2.40. The number of aromatic amines is 1. The fourth-order valence-electron chi connectivity index (χ4n) is 2.89. The molecule has 18 heteroatoms. The van der Waals surface area contributed by atoms with Gasteiger partial charge >= 0.3 is 15.6 Å². The number of nitrogens with two attached hydrogens (primary N) is 1. The zero-order valence-corrected chi connectivity index (χ0v) is 17.3. The lowest BCUT2D eigenvalue weighted by Gasteiger charge is -2.21. The number of nitrogens with zero attached hydrogens (tertiary/aromatic N) is 3. The van der Waals surface area contributed by atoms with E-state index in [0.29, 0.717) is 0 Å². The van der Waals surface area contributed by atoms with Gasteiger partial charge < -0.3 is 35.0 Å². The lowest BCUT2D eigenvalue weighted by Crippen LogP contribution is -2.36. The molecular formula is C13H19N5O11P2. The molecule has 3 rings (SSSR count). The molecule has 5 atom stereocenters. The fourth-order valence-corrected chi connectivity index (χ4v) is 4.49. The molecule has 172 valence electrons. The van der Waals surface area contributed by atoms with E-state index in [1.165, 1.54) is 17.0 Å². The number of phosphoric ester groups is 1. The fraction of sp³-hybridized carbons (Fsp3) is 0.462. The van der Waals surface area contributed by atoms with Gasteiger partial charge in [-0.3, -0.25) is 18.9 Å². The van der Waals surface area contributed by atoms with Gasteiger partial charge in [0, 0.05) is 0 Å². The molecular weight excluding hydrogens is 464 g/mol. The third-order valence-electron chi connectivity index (χ3n) is 4.06. The average Bonchev–Trinajstić information content (AvgIpc) is 3.17. The summed E-state index contributed by atoms with van der Waals surface area (Å²) in [6.45, 7) is 2.68. The van der Waals surface area contributed by atoms with E-state index in [9.17, 15) is 23.9 Å². The second kappa shape index (κ2) is 8.88. The molecule has 0 spiro atoms. The molecule has 1 aliphatic heterocycles. The van der Waals surface area contributed by atoms with Crippen LogP contribution in [-0.4, -0.2) is 70.8 Å². The molecule has 7 N–H and O–H groups in total. The standard InChI is InChI=1S/C13H19N5O11P2/c1-2-3-26-9-8(19)6(4-27-31(24,25)29-30(21,22)23)28-12(9)18-5-15-7-10(18)16-13(14)17-11(7)20/h2,5-6,8-9,12,19H,1,3-4H2,(H,24,25)(H2,21,22,23)(H3,14,16,17,20)/t6-,8-,9-,12-/m1/s1. The summed E-state index contributed by atoms with van der Waals surface area (Å²) in [6, 6.07) is 0. The lowest BCUT2D eigenvalue weighted by atomic mass is 10.1. The van der Waals surface area contributed by atoms with Crippen LogP contribution in [0.15, 0.2) is 23.8 Å². The first kappa shape index (κ1) is 23.7. The monoisotopic (exact) mass is 483 g/mol. The summed E-state index contributed by atoms with van der Waals surface area (Å²) in [4.78, 5) is 48.9. The maximum atomic E-state index is 12.0. The molecule has 1 aliphatic rings. The molecule has 16 nitrogen and oxygen atoms in total. The van der Waals surface area contributed by atoms with Crippen LogP contribution < -0.4 is 11.3 Å². The third kappa shape index (κ3) is 5.45. The highest BCUT2D eigenvalue weighted by Crippen LogP contribution is 2.57. The molecule has 1 unspecified atom stereocenters. The Hall–Kier alpha value is -1.97. The Morgan fingerprint density at radius 3 is 2.74 bits per heavy atom. The van der Waals surface area contributed by atoms with Crippen LogP contribution in [0.5, 0.6) is 0 Å². The molecule has 2 aromatic heterocycles. The number of aliphatic hydroxyl groups is 1. The summed E-state index contributed by atoms with van der Waals surface area (Å²) in [5.41, 5.74) is 4.91. The Bertz CT molecular complexity index is 1110. The van der Waals surface area contributed by atoms with Crippen LogP contribution in [0.25, 0.3) is 11.2 Å². The molecule has 0 radical (unpaired) electrons. The Balaban J connectivity index is 1.87. The van der Waals surface area contributed by atoms with E-state index in [4.69, 9.17) is 25.0 Å². The SMILES string of the molecule is C=CCO[C@@H]1[C@H](O)[C@@H](COP(=O)(O)OP(=O)(O)O)O[C@H]1n1cnc2c(=O)[nH]c(N)nc21. The number of phosphoric acid groups is 2.